The molecule has 0 unspecified atom stereocenters. The largest absolute Gasteiger partial charge is 0.277 e. The van der Waals surface area contributed by atoms with Gasteiger partial charge in [0.2, 0.25) is 0 Å². The molecule has 38 valence electrons. The van der Waals surface area contributed by atoms with Gasteiger partial charge in [0.15, 0.2) is 0 Å². The zero-order valence-electron chi connectivity index (χ0n) is 3.72. The minimum absolute atomic E-state index is 1.48. The maximum Gasteiger partial charge on any atom is 0.277 e. The van der Waals surface area contributed by atoms with Crippen LogP contribution in [0.5, 0.6) is 0 Å². The first-order valence-electron chi connectivity index (χ1n) is 1.61. The molecule has 0 aromatic heterocycles. The highest BCUT2D eigenvalue weighted by Gasteiger charge is 2.23. The number of rotatable bonds is 0. The second kappa shape index (κ2) is 2.49. The number of halogens is 1. The Hall–Kier alpha value is -0.800. The Balaban J connectivity index is 4.42. The van der Waals surface area contributed by atoms with E-state index in [4.69, 9.17) is 15.8 Å². The quantitative estimate of drug-likeness (QED) is 0.443. The maximum atomic E-state index is 8.08. The van der Waals surface area contributed by atoms with Gasteiger partial charge in [-0.3, -0.25) is 0 Å². The fourth-order valence-corrected chi connectivity index (χ4v) is 0.0750. The van der Waals surface area contributed by atoms with E-state index in [0.717, 1.165) is 0 Å². The van der Waals surface area contributed by atoms with E-state index in [2.05, 4.69) is 0 Å². The molecular formula is C4IN3. The second-order valence-electron chi connectivity index (χ2n) is 0.994. The molecule has 0 saturated heterocycles. The minimum Gasteiger partial charge on any atom is -0.194 e. The Kier molecular flexibility index (Phi) is 2.24. The molecule has 0 saturated carbocycles. The Morgan fingerprint density at radius 3 is 1.25 bits per heavy atom. The van der Waals surface area contributed by atoms with Gasteiger partial charge in [0.05, 0.1) is 0 Å². The van der Waals surface area contributed by atoms with Crippen LogP contribution < -0.4 is 0 Å². The van der Waals surface area contributed by atoms with E-state index in [1.165, 1.54) is 22.6 Å². The van der Waals surface area contributed by atoms with E-state index < -0.39 is 3.42 Å². The van der Waals surface area contributed by atoms with E-state index in [-0.39, 0.29) is 0 Å². The highest BCUT2D eigenvalue weighted by atomic mass is 127. The predicted molar refractivity (Wildman–Crippen MR) is 33.6 cm³/mol. The molecule has 0 rings (SSSR count). The molecule has 0 bridgehead atoms. The topological polar surface area (TPSA) is 71.4 Å². The number of hydrogen-bond acceptors (Lipinski definition) is 3. The van der Waals surface area contributed by atoms with Crippen LogP contribution >= 0.6 is 22.6 Å². The van der Waals surface area contributed by atoms with Gasteiger partial charge in [-0.25, -0.2) is 0 Å². The van der Waals surface area contributed by atoms with Crippen LogP contribution in [0.3, 0.4) is 0 Å². The number of nitriles is 3. The van der Waals surface area contributed by atoms with Gasteiger partial charge in [-0.05, 0) is 22.6 Å². The van der Waals surface area contributed by atoms with Crippen molar-refractivity contribution in [1.82, 2.24) is 0 Å². The average molecular weight is 217 g/mol. The first-order valence-corrected chi connectivity index (χ1v) is 2.69. The van der Waals surface area contributed by atoms with Gasteiger partial charge in [-0.15, -0.1) is 0 Å². The van der Waals surface area contributed by atoms with Crippen molar-refractivity contribution in [2.75, 3.05) is 0 Å². The lowest BCUT2D eigenvalue weighted by atomic mass is 10.2. The molecule has 0 spiro atoms. The van der Waals surface area contributed by atoms with E-state index in [1.807, 2.05) is 0 Å². The third-order valence-electron chi connectivity index (χ3n) is 0.462. The van der Waals surface area contributed by atoms with Crippen molar-refractivity contribution in [3.05, 3.63) is 0 Å². The monoisotopic (exact) mass is 217 g/mol. The van der Waals surface area contributed by atoms with Crippen LogP contribution in [0, 0.1) is 34.0 Å². The fourth-order valence-electron chi connectivity index (χ4n) is 0.0750. The van der Waals surface area contributed by atoms with Crippen LogP contribution in [0.2, 0.25) is 0 Å². The molecule has 0 N–H and O–H groups in total. The van der Waals surface area contributed by atoms with Crippen molar-refractivity contribution >= 4 is 22.6 Å². The van der Waals surface area contributed by atoms with Crippen molar-refractivity contribution in [1.29, 1.82) is 15.8 Å². The molecule has 8 heavy (non-hydrogen) atoms. The van der Waals surface area contributed by atoms with E-state index in [1.54, 1.807) is 18.2 Å². The summed E-state index contributed by atoms with van der Waals surface area (Å²) < 4.78 is -1.49. The highest BCUT2D eigenvalue weighted by molar-refractivity contribution is 14.1. The number of alkyl halides is 1. The van der Waals surface area contributed by atoms with E-state index in [9.17, 15) is 0 Å². The molecular weight excluding hydrogens is 217 g/mol. The second-order valence-corrected chi connectivity index (χ2v) is 2.61. The maximum absolute atomic E-state index is 8.08. The summed E-state index contributed by atoms with van der Waals surface area (Å²) in [4.78, 5) is 0. The molecule has 0 amide bonds. The average Bonchev–Trinajstić information content (AvgIpc) is 1.87. The molecule has 0 aliphatic carbocycles. The third-order valence-corrected chi connectivity index (χ3v) is 1.19. The fraction of sp³-hybridized carbons (Fsp3) is 0.250. The van der Waals surface area contributed by atoms with Gasteiger partial charge in [-0.1, -0.05) is 0 Å². The smallest absolute Gasteiger partial charge is 0.194 e. The zero-order valence-corrected chi connectivity index (χ0v) is 5.88. The molecule has 3 nitrogen and oxygen atoms in total. The lowest BCUT2D eigenvalue weighted by molar-refractivity contribution is 1.20. The minimum atomic E-state index is -1.49. The molecule has 0 aliphatic rings. The van der Waals surface area contributed by atoms with E-state index >= 15 is 0 Å². The summed E-state index contributed by atoms with van der Waals surface area (Å²) in [5.41, 5.74) is 0. The molecule has 0 atom stereocenters. The van der Waals surface area contributed by atoms with Crippen molar-refractivity contribution in [3.8, 4) is 18.2 Å². The Labute approximate surface area is 60.3 Å². The summed E-state index contributed by atoms with van der Waals surface area (Å²) in [6.45, 7) is 0. The molecule has 0 aromatic carbocycles. The highest BCUT2D eigenvalue weighted by Crippen LogP contribution is 2.13. The summed E-state index contributed by atoms with van der Waals surface area (Å²) in [5.74, 6) is 0. The molecule has 0 aliphatic heterocycles. The number of hydrogen-bond donors (Lipinski definition) is 0. The molecule has 0 fully saturated rings. The molecule has 4 heteroatoms. The van der Waals surface area contributed by atoms with Gasteiger partial charge in [0.1, 0.15) is 18.2 Å². The van der Waals surface area contributed by atoms with Crippen molar-refractivity contribution < 1.29 is 0 Å². The number of nitrogens with zero attached hydrogens (tertiary/aromatic N) is 3. The van der Waals surface area contributed by atoms with Gasteiger partial charge in [0.25, 0.3) is 3.42 Å². The van der Waals surface area contributed by atoms with Crippen LogP contribution in [0.1, 0.15) is 0 Å². The summed E-state index contributed by atoms with van der Waals surface area (Å²) >= 11 is 1.48. The standard InChI is InChI=1S/C4IN3/c5-4(1-6,2-7)3-8. The first-order chi connectivity index (χ1) is 3.68. The molecule has 0 heterocycles. The Morgan fingerprint density at radius 2 is 1.25 bits per heavy atom. The summed E-state index contributed by atoms with van der Waals surface area (Å²) in [5, 5.41) is 24.2. The van der Waals surface area contributed by atoms with Crippen molar-refractivity contribution in [2.45, 2.75) is 3.42 Å². The summed E-state index contributed by atoms with van der Waals surface area (Å²) in [6.07, 6.45) is 0. The van der Waals surface area contributed by atoms with Crippen molar-refractivity contribution in [3.63, 3.8) is 0 Å². The predicted octanol–water partition coefficient (Wildman–Crippen LogP) is 0.731. The first kappa shape index (κ1) is 7.20. The van der Waals surface area contributed by atoms with Crippen molar-refractivity contribution in [2.24, 2.45) is 0 Å². The van der Waals surface area contributed by atoms with E-state index in [0.29, 0.717) is 0 Å². The lowest BCUT2D eigenvalue weighted by Crippen LogP contribution is -2.09. The van der Waals surface area contributed by atoms with Gasteiger partial charge < -0.3 is 0 Å². The molecule has 0 radical (unpaired) electrons. The van der Waals surface area contributed by atoms with Gasteiger partial charge in [-0.2, -0.15) is 15.8 Å². The third kappa shape index (κ3) is 1.36. The van der Waals surface area contributed by atoms with Gasteiger partial charge >= 0.3 is 0 Å². The normalized spacial score (nSPS) is 8.25. The Bertz CT molecular complexity index is 165. The van der Waals surface area contributed by atoms with Gasteiger partial charge in [0, 0.05) is 0 Å². The summed E-state index contributed by atoms with van der Waals surface area (Å²) in [7, 11) is 0. The zero-order chi connectivity index (χ0) is 6.62. The van der Waals surface area contributed by atoms with Crippen LogP contribution in [-0.2, 0) is 0 Å². The van der Waals surface area contributed by atoms with Crippen LogP contribution in [0.25, 0.3) is 0 Å². The Morgan fingerprint density at radius 1 is 1.00 bits per heavy atom. The lowest BCUT2D eigenvalue weighted by Gasteiger charge is -1.90. The van der Waals surface area contributed by atoms with Crippen LogP contribution in [0.15, 0.2) is 0 Å². The van der Waals surface area contributed by atoms with Crippen LogP contribution in [0.4, 0.5) is 0 Å². The van der Waals surface area contributed by atoms with Crippen LogP contribution in [-0.4, -0.2) is 3.42 Å². The SMILES string of the molecule is N#CC(I)(C#N)C#N. The summed E-state index contributed by atoms with van der Waals surface area (Å²) in [6, 6.07) is 4.63. The molecule has 0 aromatic rings.